The minimum atomic E-state index is -0.883. The van der Waals surface area contributed by atoms with E-state index in [1.54, 1.807) is 24.3 Å². The normalized spacial score (nSPS) is 12.2. The molecule has 0 aromatic heterocycles. The number of carbonyl (C=O) groups is 2. The molecule has 0 spiro atoms. The lowest BCUT2D eigenvalue weighted by Gasteiger charge is -2.34. The van der Waals surface area contributed by atoms with Gasteiger partial charge in [-0.05, 0) is 44.5 Å². The zero-order valence-corrected chi connectivity index (χ0v) is 22.7. The molecule has 3 rings (SSSR count). The number of rotatable bonds is 10. The second-order valence-electron chi connectivity index (χ2n) is 9.75. The van der Waals surface area contributed by atoms with Crippen LogP contribution in [0.25, 0.3) is 0 Å². The first kappa shape index (κ1) is 28.7. The zero-order valence-electron chi connectivity index (χ0n) is 21.1. The number of thioether (sulfide) groups is 1. The fraction of sp³-hybridized carbons (Fsp3) is 0.310. The van der Waals surface area contributed by atoms with Gasteiger partial charge in [-0.3, -0.25) is 9.59 Å². The summed E-state index contributed by atoms with van der Waals surface area (Å²) in [5.74, 6) is -1.44. The van der Waals surface area contributed by atoms with Crippen molar-refractivity contribution in [3.63, 3.8) is 0 Å². The summed E-state index contributed by atoms with van der Waals surface area (Å²) in [6.45, 7) is 5.51. The van der Waals surface area contributed by atoms with Gasteiger partial charge in [-0.2, -0.15) is 0 Å². The van der Waals surface area contributed by atoms with E-state index in [2.05, 4.69) is 5.32 Å². The average molecular weight is 545 g/mol. The van der Waals surface area contributed by atoms with Crippen LogP contribution in [0.2, 0.25) is 5.02 Å². The Morgan fingerprint density at radius 2 is 1.59 bits per heavy atom. The van der Waals surface area contributed by atoms with Crippen molar-refractivity contribution in [1.29, 1.82) is 0 Å². The molecular weight excluding hydrogens is 514 g/mol. The van der Waals surface area contributed by atoms with E-state index < -0.39 is 23.2 Å². The number of halogens is 3. The van der Waals surface area contributed by atoms with Gasteiger partial charge in [0.25, 0.3) is 0 Å². The van der Waals surface area contributed by atoms with E-state index in [-0.39, 0.29) is 41.3 Å². The quantitative estimate of drug-likeness (QED) is 0.321. The van der Waals surface area contributed by atoms with Crippen molar-refractivity contribution in [2.75, 3.05) is 5.75 Å². The Hall–Kier alpha value is -2.90. The van der Waals surface area contributed by atoms with Crippen LogP contribution in [0.1, 0.15) is 37.5 Å². The summed E-state index contributed by atoms with van der Waals surface area (Å²) in [5.41, 5.74) is 0.956. The molecule has 3 aromatic rings. The van der Waals surface area contributed by atoms with Crippen LogP contribution < -0.4 is 5.32 Å². The van der Waals surface area contributed by atoms with Crippen molar-refractivity contribution in [3.8, 4) is 0 Å². The number of hydrogen-bond acceptors (Lipinski definition) is 3. The van der Waals surface area contributed by atoms with Gasteiger partial charge in [0, 0.05) is 40.4 Å². The number of amides is 2. The van der Waals surface area contributed by atoms with E-state index >= 15 is 0 Å². The van der Waals surface area contributed by atoms with Gasteiger partial charge in [-0.1, -0.05) is 66.2 Å². The van der Waals surface area contributed by atoms with Gasteiger partial charge in [-0.25, -0.2) is 8.78 Å². The number of carbonyl (C=O) groups excluding carboxylic acids is 2. The lowest BCUT2D eigenvalue weighted by molar-refractivity contribution is -0.140. The maximum Gasteiger partial charge on any atom is 0.243 e. The molecule has 1 N–H and O–H groups in total. The van der Waals surface area contributed by atoms with Gasteiger partial charge >= 0.3 is 0 Å². The molecular formula is C29H31ClF2N2O2S. The molecule has 0 unspecified atom stereocenters. The highest BCUT2D eigenvalue weighted by Crippen LogP contribution is 2.25. The first-order valence-electron chi connectivity index (χ1n) is 11.9. The van der Waals surface area contributed by atoms with Crippen molar-refractivity contribution >= 4 is 35.2 Å². The first-order chi connectivity index (χ1) is 17.5. The molecule has 1 atom stereocenters. The molecule has 0 aliphatic rings. The Morgan fingerprint density at radius 3 is 2.24 bits per heavy atom. The van der Waals surface area contributed by atoms with Crippen molar-refractivity contribution in [2.45, 2.75) is 51.1 Å². The van der Waals surface area contributed by atoms with E-state index in [1.165, 1.54) is 34.9 Å². The molecule has 0 aliphatic carbocycles. The van der Waals surface area contributed by atoms with Crippen LogP contribution in [0.15, 0.2) is 72.8 Å². The molecule has 0 radical (unpaired) electrons. The smallest absolute Gasteiger partial charge is 0.243 e. The highest BCUT2D eigenvalue weighted by molar-refractivity contribution is 7.99. The van der Waals surface area contributed by atoms with E-state index in [0.717, 1.165) is 5.56 Å². The Morgan fingerprint density at radius 1 is 0.946 bits per heavy atom. The van der Waals surface area contributed by atoms with Gasteiger partial charge < -0.3 is 10.2 Å². The number of hydrogen-bond donors (Lipinski definition) is 1. The molecule has 0 saturated heterocycles. The first-order valence-corrected chi connectivity index (χ1v) is 13.5. The van der Waals surface area contributed by atoms with Gasteiger partial charge in [0.2, 0.25) is 11.8 Å². The summed E-state index contributed by atoms with van der Waals surface area (Å²) in [6.07, 6.45) is 0.257. The van der Waals surface area contributed by atoms with E-state index in [9.17, 15) is 18.4 Å². The van der Waals surface area contributed by atoms with Crippen molar-refractivity contribution < 1.29 is 18.4 Å². The SMILES string of the molecule is CC(C)(C)NC(=O)[C@H](Cc1ccccc1)N(Cc1ccccc1F)C(=O)CSCc1c(F)cccc1Cl. The Bertz CT molecular complexity index is 1200. The van der Waals surface area contributed by atoms with Crippen LogP contribution in [0, 0.1) is 11.6 Å². The van der Waals surface area contributed by atoms with Gasteiger partial charge in [0.1, 0.15) is 17.7 Å². The second-order valence-corrected chi connectivity index (χ2v) is 11.1. The molecule has 0 fully saturated rings. The van der Waals surface area contributed by atoms with Crippen LogP contribution in [-0.4, -0.2) is 34.0 Å². The topological polar surface area (TPSA) is 49.4 Å². The van der Waals surface area contributed by atoms with Gasteiger partial charge in [0.05, 0.1) is 5.75 Å². The monoisotopic (exact) mass is 544 g/mol. The molecule has 0 saturated carbocycles. The number of benzene rings is 3. The predicted molar refractivity (Wildman–Crippen MR) is 146 cm³/mol. The average Bonchev–Trinajstić information content (AvgIpc) is 2.83. The second kappa shape index (κ2) is 13.1. The highest BCUT2D eigenvalue weighted by Gasteiger charge is 2.32. The summed E-state index contributed by atoms with van der Waals surface area (Å²) >= 11 is 7.33. The van der Waals surface area contributed by atoms with Gasteiger partial charge in [0.15, 0.2) is 0 Å². The minimum absolute atomic E-state index is 0.0345. The molecule has 196 valence electrons. The van der Waals surface area contributed by atoms with Crippen LogP contribution in [0.4, 0.5) is 8.78 Å². The maximum atomic E-state index is 14.6. The van der Waals surface area contributed by atoms with Crippen molar-refractivity contribution in [3.05, 3.63) is 106 Å². The highest BCUT2D eigenvalue weighted by atomic mass is 35.5. The summed E-state index contributed by atoms with van der Waals surface area (Å²) < 4.78 is 28.8. The van der Waals surface area contributed by atoms with E-state index in [4.69, 9.17) is 11.6 Å². The van der Waals surface area contributed by atoms with Crippen LogP contribution >= 0.6 is 23.4 Å². The van der Waals surface area contributed by atoms with Crippen LogP contribution in [-0.2, 0) is 28.3 Å². The molecule has 0 bridgehead atoms. The molecule has 0 aliphatic heterocycles. The minimum Gasteiger partial charge on any atom is -0.350 e. The molecule has 4 nitrogen and oxygen atoms in total. The largest absolute Gasteiger partial charge is 0.350 e. The summed E-state index contributed by atoms with van der Waals surface area (Å²) in [4.78, 5) is 28.5. The Kier molecular flexibility index (Phi) is 10.1. The molecule has 3 aromatic carbocycles. The van der Waals surface area contributed by atoms with E-state index in [0.29, 0.717) is 11.1 Å². The standard InChI is InChI=1S/C29H31ClF2N2O2S/c1-29(2,3)33-28(36)26(16-20-10-5-4-6-11-20)34(17-21-12-7-8-14-24(21)31)27(35)19-37-18-22-23(30)13-9-15-25(22)32/h4-15,26H,16-19H2,1-3H3,(H,33,36)/t26-/m0/s1. The van der Waals surface area contributed by atoms with Crippen molar-refractivity contribution in [1.82, 2.24) is 10.2 Å². The van der Waals surface area contributed by atoms with E-state index in [1.807, 2.05) is 51.1 Å². The Labute approximate surface area is 226 Å². The number of nitrogens with one attached hydrogen (secondary N) is 1. The molecule has 2 amide bonds. The van der Waals surface area contributed by atoms with Crippen LogP contribution in [0.5, 0.6) is 0 Å². The summed E-state index contributed by atoms with van der Waals surface area (Å²) in [5, 5.41) is 3.26. The summed E-state index contributed by atoms with van der Waals surface area (Å²) in [7, 11) is 0. The zero-order chi connectivity index (χ0) is 27.0. The number of nitrogens with zero attached hydrogens (tertiary/aromatic N) is 1. The third kappa shape index (κ3) is 8.58. The molecule has 8 heteroatoms. The lowest BCUT2D eigenvalue weighted by atomic mass is 10.0. The fourth-order valence-electron chi connectivity index (χ4n) is 3.81. The molecule has 37 heavy (non-hydrogen) atoms. The third-order valence-electron chi connectivity index (χ3n) is 5.60. The Balaban J connectivity index is 1.90. The van der Waals surface area contributed by atoms with Crippen LogP contribution in [0.3, 0.4) is 0 Å². The lowest BCUT2D eigenvalue weighted by Crippen LogP contribution is -2.54. The fourth-order valence-corrected chi connectivity index (χ4v) is 5.06. The summed E-state index contributed by atoms with van der Waals surface area (Å²) in [6, 6.07) is 19.1. The maximum absolute atomic E-state index is 14.6. The predicted octanol–water partition coefficient (Wildman–Crippen LogP) is 6.41. The molecule has 0 heterocycles. The van der Waals surface area contributed by atoms with Crippen molar-refractivity contribution in [2.24, 2.45) is 0 Å². The third-order valence-corrected chi connectivity index (χ3v) is 6.90. The van der Waals surface area contributed by atoms with Gasteiger partial charge in [-0.15, -0.1) is 11.8 Å².